The van der Waals surface area contributed by atoms with Crippen molar-refractivity contribution in [2.45, 2.75) is 58.9 Å². The molecule has 1 saturated heterocycles. The zero-order valence-electron chi connectivity index (χ0n) is 17.4. The van der Waals surface area contributed by atoms with E-state index in [9.17, 15) is 9.59 Å². The van der Waals surface area contributed by atoms with Gasteiger partial charge in [0.15, 0.2) is 0 Å². The molecule has 0 aliphatic carbocycles. The second kappa shape index (κ2) is 8.03. The molecule has 4 heterocycles. The molecule has 154 valence electrons. The third-order valence-corrected chi connectivity index (χ3v) is 7.66. The van der Waals surface area contributed by atoms with Gasteiger partial charge in [-0.2, -0.15) is 11.3 Å². The van der Waals surface area contributed by atoms with Crippen molar-refractivity contribution < 1.29 is 4.79 Å². The molecule has 4 rings (SSSR count). The van der Waals surface area contributed by atoms with Crippen molar-refractivity contribution in [3.8, 4) is 0 Å². The highest BCUT2D eigenvalue weighted by atomic mass is 32.1. The Bertz CT molecular complexity index is 1100. The highest BCUT2D eigenvalue weighted by molar-refractivity contribution is 7.18. The maximum Gasteiger partial charge on any atom is 0.262 e. The molecule has 1 amide bonds. The van der Waals surface area contributed by atoms with E-state index in [4.69, 9.17) is 4.98 Å². The topological polar surface area (TPSA) is 55.2 Å². The van der Waals surface area contributed by atoms with Gasteiger partial charge in [0.2, 0.25) is 5.91 Å². The molecule has 0 spiro atoms. The molecule has 1 unspecified atom stereocenters. The first-order valence-electron chi connectivity index (χ1n) is 10.2. The lowest BCUT2D eigenvalue weighted by Crippen LogP contribution is -2.44. The predicted molar refractivity (Wildman–Crippen MR) is 120 cm³/mol. The zero-order valence-corrected chi connectivity index (χ0v) is 19.0. The molecule has 1 aliphatic heterocycles. The van der Waals surface area contributed by atoms with E-state index in [0.29, 0.717) is 13.0 Å². The van der Waals surface area contributed by atoms with Gasteiger partial charge in [0.1, 0.15) is 10.7 Å². The summed E-state index contributed by atoms with van der Waals surface area (Å²) in [6.45, 7) is 9.56. The minimum absolute atomic E-state index is 0.0171. The molecular weight excluding hydrogens is 402 g/mol. The Labute approximate surface area is 179 Å². The van der Waals surface area contributed by atoms with E-state index >= 15 is 0 Å². The third-order valence-electron chi connectivity index (χ3n) is 5.83. The molecule has 0 saturated carbocycles. The van der Waals surface area contributed by atoms with Gasteiger partial charge in [-0.15, -0.1) is 11.3 Å². The van der Waals surface area contributed by atoms with Crippen LogP contribution in [0, 0.1) is 13.8 Å². The van der Waals surface area contributed by atoms with E-state index in [-0.39, 0.29) is 23.4 Å². The second-order valence-corrected chi connectivity index (χ2v) is 10.2. The molecule has 0 N–H and O–H groups in total. The van der Waals surface area contributed by atoms with E-state index < -0.39 is 0 Å². The van der Waals surface area contributed by atoms with Crippen molar-refractivity contribution in [3.63, 3.8) is 0 Å². The average molecular weight is 430 g/mol. The smallest absolute Gasteiger partial charge is 0.262 e. The largest absolute Gasteiger partial charge is 0.340 e. The van der Waals surface area contributed by atoms with Crippen molar-refractivity contribution in [2.75, 3.05) is 13.1 Å². The predicted octanol–water partition coefficient (Wildman–Crippen LogP) is 4.67. The van der Waals surface area contributed by atoms with Crippen molar-refractivity contribution in [1.29, 1.82) is 0 Å². The lowest BCUT2D eigenvalue weighted by molar-refractivity contribution is -0.132. The van der Waals surface area contributed by atoms with Crippen LogP contribution in [0.15, 0.2) is 21.6 Å². The monoisotopic (exact) mass is 429 g/mol. The molecule has 1 atom stereocenters. The molecule has 7 heteroatoms. The lowest BCUT2D eigenvalue weighted by atomic mass is 10.0. The highest BCUT2D eigenvalue weighted by Gasteiger charge is 2.29. The molecule has 1 aliphatic rings. The quantitative estimate of drug-likeness (QED) is 0.606. The molecule has 5 nitrogen and oxygen atoms in total. The number of piperidine rings is 1. The summed E-state index contributed by atoms with van der Waals surface area (Å²) in [6.07, 6.45) is 2.24. The van der Waals surface area contributed by atoms with Crippen LogP contribution < -0.4 is 5.56 Å². The Morgan fingerprint density at radius 1 is 1.34 bits per heavy atom. The SMILES string of the molecule is Cc1sc2nc(C(C)C)n(C3CCCN(C(=O)Cc4ccsc4)C3)c(=O)c2c1C. The fourth-order valence-electron chi connectivity index (χ4n) is 4.15. The molecule has 3 aromatic heterocycles. The number of amides is 1. The van der Waals surface area contributed by atoms with Gasteiger partial charge in [-0.05, 0) is 54.6 Å². The number of fused-ring (bicyclic) bond motifs is 1. The molecular formula is C22H27N3O2S2. The van der Waals surface area contributed by atoms with Crippen LogP contribution in [0.3, 0.4) is 0 Å². The highest BCUT2D eigenvalue weighted by Crippen LogP contribution is 2.30. The molecule has 29 heavy (non-hydrogen) atoms. The number of hydrogen-bond donors (Lipinski definition) is 0. The van der Waals surface area contributed by atoms with Gasteiger partial charge in [-0.25, -0.2) is 4.98 Å². The van der Waals surface area contributed by atoms with Gasteiger partial charge in [-0.3, -0.25) is 14.2 Å². The first kappa shape index (κ1) is 20.3. The minimum Gasteiger partial charge on any atom is -0.340 e. The van der Waals surface area contributed by atoms with Gasteiger partial charge < -0.3 is 4.90 Å². The van der Waals surface area contributed by atoms with Crippen LogP contribution in [0.25, 0.3) is 10.2 Å². The summed E-state index contributed by atoms with van der Waals surface area (Å²) in [5, 5.41) is 4.78. The van der Waals surface area contributed by atoms with Gasteiger partial charge in [0, 0.05) is 23.9 Å². The van der Waals surface area contributed by atoms with Gasteiger partial charge in [0.25, 0.3) is 5.56 Å². The van der Waals surface area contributed by atoms with Gasteiger partial charge >= 0.3 is 0 Å². The Balaban J connectivity index is 1.70. The Morgan fingerprint density at radius 2 is 2.14 bits per heavy atom. The molecule has 0 radical (unpaired) electrons. The number of nitrogens with zero attached hydrogens (tertiary/aromatic N) is 3. The first-order chi connectivity index (χ1) is 13.9. The normalized spacial score (nSPS) is 17.4. The van der Waals surface area contributed by atoms with Crippen LogP contribution in [0.1, 0.15) is 60.5 Å². The Morgan fingerprint density at radius 3 is 2.83 bits per heavy atom. The fourth-order valence-corrected chi connectivity index (χ4v) is 5.85. The number of carbonyl (C=O) groups is 1. The molecule has 0 bridgehead atoms. The standard InChI is InChI=1S/C22H27N3O2S2/c1-13(2)20-23-21-19(14(3)15(4)29-21)22(27)25(20)17-6-5-8-24(11-17)18(26)10-16-7-9-28-12-16/h7,9,12-13,17H,5-6,8,10-11H2,1-4H3. The number of likely N-dealkylation sites (tertiary alicyclic amines) is 1. The number of rotatable bonds is 4. The van der Waals surface area contributed by atoms with E-state index in [1.165, 1.54) is 0 Å². The van der Waals surface area contributed by atoms with Gasteiger partial charge in [-0.1, -0.05) is 13.8 Å². The minimum atomic E-state index is -0.0171. The Hall–Kier alpha value is -1.99. The number of aryl methyl sites for hydroxylation is 2. The maximum atomic E-state index is 13.5. The fraction of sp³-hybridized carbons (Fsp3) is 0.500. The van der Waals surface area contributed by atoms with Crippen LogP contribution in [0.5, 0.6) is 0 Å². The molecule has 3 aromatic rings. The number of hydrogen-bond acceptors (Lipinski definition) is 5. The summed E-state index contributed by atoms with van der Waals surface area (Å²) < 4.78 is 1.90. The summed E-state index contributed by atoms with van der Waals surface area (Å²) in [7, 11) is 0. The number of thiophene rings is 2. The summed E-state index contributed by atoms with van der Waals surface area (Å²) in [5.74, 6) is 1.12. The van der Waals surface area contributed by atoms with E-state index in [1.54, 1.807) is 22.7 Å². The maximum absolute atomic E-state index is 13.5. The van der Waals surface area contributed by atoms with Crippen LogP contribution >= 0.6 is 22.7 Å². The summed E-state index contributed by atoms with van der Waals surface area (Å²) in [4.78, 5) is 35.2. The van der Waals surface area contributed by atoms with Crippen molar-refractivity contribution in [1.82, 2.24) is 14.5 Å². The third kappa shape index (κ3) is 3.78. The Kier molecular flexibility index (Phi) is 5.62. The molecule has 1 fully saturated rings. The zero-order chi connectivity index (χ0) is 20.7. The van der Waals surface area contributed by atoms with Crippen LogP contribution in [0.2, 0.25) is 0 Å². The average Bonchev–Trinajstić information content (AvgIpc) is 3.29. The van der Waals surface area contributed by atoms with Crippen molar-refractivity contribution in [3.05, 3.63) is 49.0 Å². The van der Waals surface area contributed by atoms with Gasteiger partial charge in [0.05, 0.1) is 17.8 Å². The van der Waals surface area contributed by atoms with Crippen molar-refractivity contribution >= 4 is 38.8 Å². The van der Waals surface area contributed by atoms with Crippen molar-refractivity contribution in [2.24, 2.45) is 0 Å². The number of carbonyl (C=O) groups excluding carboxylic acids is 1. The number of aromatic nitrogens is 2. The van der Waals surface area contributed by atoms with Crippen LogP contribution in [-0.4, -0.2) is 33.4 Å². The summed E-state index contributed by atoms with van der Waals surface area (Å²) in [6, 6.07) is 1.99. The second-order valence-electron chi connectivity index (χ2n) is 8.21. The lowest BCUT2D eigenvalue weighted by Gasteiger charge is -2.35. The molecule has 0 aromatic carbocycles. The van der Waals surface area contributed by atoms with Crippen LogP contribution in [-0.2, 0) is 11.2 Å². The van der Waals surface area contributed by atoms with E-state index in [0.717, 1.165) is 51.4 Å². The van der Waals surface area contributed by atoms with E-state index in [2.05, 4.69) is 13.8 Å². The summed E-state index contributed by atoms with van der Waals surface area (Å²) >= 11 is 3.21. The first-order valence-corrected chi connectivity index (χ1v) is 11.9. The van der Waals surface area contributed by atoms with Crippen LogP contribution in [0.4, 0.5) is 0 Å². The summed E-state index contributed by atoms with van der Waals surface area (Å²) in [5.41, 5.74) is 2.15. The van der Waals surface area contributed by atoms with E-state index in [1.807, 2.05) is 40.1 Å².